The van der Waals surface area contributed by atoms with E-state index in [-0.39, 0.29) is 30.4 Å². The van der Waals surface area contributed by atoms with Gasteiger partial charge in [-0.1, -0.05) is 26.8 Å². The number of carboxylic acids is 1. The number of halogens is 3. The molecule has 11 heteroatoms. The van der Waals surface area contributed by atoms with Crippen LogP contribution in [0.15, 0.2) is 18.2 Å². The Morgan fingerprint density at radius 3 is 2.49 bits per heavy atom. The Hall–Kier alpha value is -2.82. The first-order chi connectivity index (χ1) is 16.5. The summed E-state index contributed by atoms with van der Waals surface area (Å²) in [4.78, 5) is 17.1. The van der Waals surface area contributed by atoms with Crippen LogP contribution in [0.4, 0.5) is 30.5 Å². The summed E-state index contributed by atoms with van der Waals surface area (Å²) in [7, 11) is 1.72. The lowest BCUT2D eigenvalue weighted by atomic mass is 9.90. The summed E-state index contributed by atoms with van der Waals surface area (Å²) in [6.07, 6.45) is -0.741. The minimum absolute atomic E-state index is 0.0611. The van der Waals surface area contributed by atoms with Crippen LogP contribution in [-0.4, -0.2) is 52.1 Å². The maximum absolute atomic E-state index is 13.1. The number of methoxy groups -OCH3 is 1. The number of rotatable bonds is 10. The topological polar surface area (TPSA) is 103 Å². The summed E-state index contributed by atoms with van der Waals surface area (Å²) in [5.41, 5.74) is 2.13. The summed E-state index contributed by atoms with van der Waals surface area (Å²) in [5, 5.41) is 17.8. The third-order valence-electron chi connectivity index (χ3n) is 6.36. The van der Waals surface area contributed by atoms with Gasteiger partial charge >= 0.3 is 12.1 Å². The number of aromatic nitrogens is 3. The van der Waals surface area contributed by atoms with E-state index in [9.17, 15) is 23.1 Å². The SMILES string of the molecule is CO[C@H]1CC[C@H](N(CC(C)C)c2ccc([C@H](C)CC(=O)O)cc2Nc2n[nH]c(C(F)(F)F)n2)CC1. The molecule has 0 spiro atoms. The first-order valence-electron chi connectivity index (χ1n) is 11.9. The van der Waals surface area contributed by atoms with Crippen LogP contribution >= 0.6 is 0 Å². The van der Waals surface area contributed by atoms with Gasteiger partial charge in [0.1, 0.15) is 0 Å². The number of H-pyrrole nitrogens is 1. The van der Waals surface area contributed by atoms with E-state index in [0.717, 1.165) is 43.5 Å². The highest BCUT2D eigenvalue weighted by molar-refractivity contribution is 5.75. The molecule has 0 amide bonds. The number of benzene rings is 1. The third kappa shape index (κ3) is 7.09. The molecule has 1 aromatic heterocycles. The molecule has 0 saturated heterocycles. The van der Waals surface area contributed by atoms with Crippen molar-refractivity contribution >= 4 is 23.3 Å². The largest absolute Gasteiger partial charge is 0.481 e. The molecule has 1 aliphatic rings. The number of hydrogen-bond donors (Lipinski definition) is 3. The molecule has 1 atom stereocenters. The van der Waals surface area contributed by atoms with Gasteiger partial charge < -0.3 is 20.1 Å². The van der Waals surface area contributed by atoms with Crippen molar-refractivity contribution in [2.45, 2.75) is 77.1 Å². The zero-order chi connectivity index (χ0) is 25.8. The standard InChI is InChI=1S/C24H34F3N5O3/c1-14(2)13-32(17-6-8-18(35-4)9-7-17)20-10-5-16(15(3)11-21(33)34)12-19(20)28-23-29-22(30-31-23)24(25,26)27/h5,10,12,14-15,17-18H,6-9,11,13H2,1-4H3,(H,33,34)(H2,28,29,30,31)/t15-,17-,18-/m1/s1. The molecule has 0 unspecified atom stereocenters. The van der Waals surface area contributed by atoms with Gasteiger partial charge in [0.15, 0.2) is 0 Å². The lowest BCUT2D eigenvalue weighted by Gasteiger charge is -2.40. The molecule has 1 aromatic carbocycles. The van der Waals surface area contributed by atoms with E-state index in [4.69, 9.17) is 4.74 Å². The number of hydrogen-bond acceptors (Lipinski definition) is 6. The van der Waals surface area contributed by atoms with Gasteiger partial charge in [0.05, 0.1) is 23.9 Å². The first-order valence-corrected chi connectivity index (χ1v) is 11.9. The van der Waals surface area contributed by atoms with E-state index < -0.39 is 18.0 Å². The fraction of sp³-hybridized carbons (Fsp3) is 0.625. The molecule has 1 saturated carbocycles. The molecule has 0 aliphatic heterocycles. The molecule has 0 bridgehead atoms. The van der Waals surface area contributed by atoms with E-state index in [0.29, 0.717) is 11.6 Å². The molecule has 2 aromatic rings. The Morgan fingerprint density at radius 2 is 1.94 bits per heavy atom. The zero-order valence-corrected chi connectivity index (χ0v) is 20.5. The van der Waals surface area contributed by atoms with Gasteiger partial charge in [-0.15, -0.1) is 5.10 Å². The predicted octanol–water partition coefficient (Wildman–Crippen LogP) is 5.57. The van der Waals surface area contributed by atoms with Crippen LogP contribution in [0.25, 0.3) is 0 Å². The van der Waals surface area contributed by atoms with Crippen molar-refractivity contribution in [3.05, 3.63) is 29.6 Å². The Morgan fingerprint density at radius 1 is 1.26 bits per heavy atom. The van der Waals surface area contributed by atoms with Gasteiger partial charge in [0.2, 0.25) is 11.8 Å². The number of aromatic amines is 1. The normalized spacial score (nSPS) is 19.5. The molecule has 1 aliphatic carbocycles. The number of ether oxygens (including phenoxy) is 1. The molecule has 3 rings (SSSR count). The molecular formula is C24H34F3N5O3. The van der Waals surface area contributed by atoms with E-state index in [1.54, 1.807) is 20.1 Å². The van der Waals surface area contributed by atoms with E-state index in [1.165, 1.54) is 0 Å². The van der Waals surface area contributed by atoms with Crippen LogP contribution in [0.5, 0.6) is 0 Å². The zero-order valence-electron chi connectivity index (χ0n) is 20.5. The lowest BCUT2D eigenvalue weighted by molar-refractivity contribution is -0.144. The number of nitrogens with zero attached hydrogens (tertiary/aromatic N) is 3. The fourth-order valence-electron chi connectivity index (χ4n) is 4.59. The van der Waals surface area contributed by atoms with Crippen molar-refractivity contribution in [1.29, 1.82) is 0 Å². The Bertz CT molecular complexity index is 987. The number of aliphatic carboxylic acids is 1. The number of nitrogens with one attached hydrogen (secondary N) is 2. The van der Waals surface area contributed by atoms with E-state index in [2.05, 4.69) is 34.1 Å². The molecule has 3 N–H and O–H groups in total. The van der Waals surface area contributed by atoms with Crippen molar-refractivity contribution in [1.82, 2.24) is 15.2 Å². The molecule has 1 heterocycles. The van der Waals surface area contributed by atoms with Crippen LogP contribution in [0.2, 0.25) is 0 Å². The van der Waals surface area contributed by atoms with Gasteiger partial charge in [-0.2, -0.15) is 18.2 Å². The number of anilines is 3. The van der Waals surface area contributed by atoms with Crippen LogP contribution < -0.4 is 10.2 Å². The van der Waals surface area contributed by atoms with Gasteiger partial charge in [-0.3, -0.25) is 9.89 Å². The van der Waals surface area contributed by atoms with Crippen LogP contribution in [0.3, 0.4) is 0 Å². The van der Waals surface area contributed by atoms with Crippen molar-refractivity contribution in [2.75, 3.05) is 23.9 Å². The number of alkyl halides is 3. The molecule has 35 heavy (non-hydrogen) atoms. The second-order valence-corrected chi connectivity index (χ2v) is 9.62. The van der Waals surface area contributed by atoms with Crippen LogP contribution in [0.1, 0.15) is 70.2 Å². The quantitative estimate of drug-likeness (QED) is 0.395. The Labute approximate surface area is 203 Å². The van der Waals surface area contributed by atoms with Crippen molar-refractivity contribution in [3.8, 4) is 0 Å². The second-order valence-electron chi connectivity index (χ2n) is 9.62. The summed E-state index contributed by atoms with van der Waals surface area (Å²) in [5.74, 6) is -2.25. The maximum Gasteiger partial charge on any atom is 0.451 e. The highest BCUT2D eigenvalue weighted by Gasteiger charge is 2.35. The predicted molar refractivity (Wildman–Crippen MR) is 127 cm³/mol. The van der Waals surface area contributed by atoms with Crippen molar-refractivity contribution in [3.63, 3.8) is 0 Å². The fourth-order valence-corrected chi connectivity index (χ4v) is 4.59. The summed E-state index contributed by atoms with van der Waals surface area (Å²) >= 11 is 0. The Balaban J connectivity index is 1.99. The highest BCUT2D eigenvalue weighted by atomic mass is 19.4. The molecule has 8 nitrogen and oxygen atoms in total. The third-order valence-corrected chi connectivity index (χ3v) is 6.36. The van der Waals surface area contributed by atoms with Crippen LogP contribution in [0, 0.1) is 5.92 Å². The smallest absolute Gasteiger partial charge is 0.451 e. The lowest BCUT2D eigenvalue weighted by Crippen LogP contribution is -2.41. The average Bonchev–Trinajstić information content (AvgIpc) is 3.26. The van der Waals surface area contributed by atoms with Gasteiger partial charge in [0.25, 0.3) is 0 Å². The molecule has 194 valence electrons. The van der Waals surface area contributed by atoms with E-state index in [1.807, 2.05) is 17.2 Å². The minimum Gasteiger partial charge on any atom is -0.481 e. The van der Waals surface area contributed by atoms with Gasteiger partial charge in [-0.05, 0) is 55.2 Å². The highest BCUT2D eigenvalue weighted by Crippen LogP contribution is 2.37. The van der Waals surface area contributed by atoms with Crippen LogP contribution in [-0.2, 0) is 15.7 Å². The summed E-state index contributed by atoms with van der Waals surface area (Å²) in [6.45, 7) is 6.80. The summed E-state index contributed by atoms with van der Waals surface area (Å²) in [6, 6.07) is 5.84. The Kier molecular flexibility index (Phi) is 8.63. The maximum atomic E-state index is 13.1. The van der Waals surface area contributed by atoms with Crippen molar-refractivity contribution < 1.29 is 27.8 Å². The number of carboxylic acid groups (broad SMARTS) is 1. The van der Waals surface area contributed by atoms with Gasteiger partial charge in [-0.25, -0.2) is 0 Å². The average molecular weight is 498 g/mol. The molecular weight excluding hydrogens is 463 g/mol. The molecule has 1 fully saturated rings. The van der Waals surface area contributed by atoms with Gasteiger partial charge in [0, 0.05) is 19.7 Å². The van der Waals surface area contributed by atoms with Crippen molar-refractivity contribution in [2.24, 2.45) is 5.92 Å². The summed E-state index contributed by atoms with van der Waals surface area (Å²) < 4.78 is 44.7. The van der Waals surface area contributed by atoms with E-state index >= 15 is 0 Å². The first kappa shape index (κ1) is 26.8. The second kappa shape index (κ2) is 11.3. The monoisotopic (exact) mass is 497 g/mol. The minimum atomic E-state index is -4.64. The number of carbonyl (C=O) groups is 1. The molecule has 0 radical (unpaired) electrons.